The molecular weight excluding hydrogens is 238 g/mol. The molecule has 0 aromatic heterocycles. The number of carbonyl (C=O) groups excluding carboxylic acids is 1. The van der Waals surface area contributed by atoms with Crippen LogP contribution in [0.25, 0.3) is 0 Å². The van der Waals surface area contributed by atoms with Crippen molar-refractivity contribution in [3.63, 3.8) is 0 Å². The van der Waals surface area contributed by atoms with E-state index in [4.69, 9.17) is 10.5 Å². The third-order valence-electron chi connectivity index (χ3n) is 3.00. The molecule has 98 valence electrons. The molecule has 0 heterocycles. The van der Waals surface area contributed by atoms with Crippen molar-refractivity contribution in [2.24, 2.45) is 0 Å². The van der Waals surface area contributed by atoms with E-state index in [0.29, 0.717) is 11.3 Å². The number of carbonyl (C=O) groups is 1. The zero-order valence-corrected chi connectivity index (χ0v) is 11.1. The maximum atomic E-state index is 11.8. The van der Waals surface area contributed by atoms with Crippen LogP contribution in [-0.4, -0.2) is 5.97 Å². The van der Waals surface area contributed by atoms with Gasteiger partial charge >= 0.3 is 5.97 Å². The van der Waals surface area contributed by atoms with Crippen LogP contribution in [0.15, 0.2) is 42.5 Å². The topological polar surface area (TPSA) is 52.3 Å². The zero-order chi connectivity index (χ0) is 13.8. The average Bonchev–Trinajstić information content (AvgIpc) is 2.38. The van der Waals surface area contributed by atoms with Gasteiger partial charge in [-0.25, -0.2) is 4.79 Å². The summed E-state index contributed by atoms with van der Waals surface area (Å²) < 4.78 is 5.29. The van der Waals surface area contributed by atoms with Crippen LogP contribution >= 0.6 is 0 Å². The van der Waals surface area contributed by atoms with Crippen molar-refractivity contribution in [1.82, 2.24) is 0 Å². The van der Waals surface area contributed by atoms with E-state index in [9.17, 15) is 4.79 Å². The predicted octanol–water partition coefficient (Wildman–Crippen LogP) is 3.24. The van der Waals surface area contributed by atoms with Gasteiger partial charge in [-0.3, -0.25) is 0 Å². The normalized spacial score (nSPS) is 10.2. The summed E-state index contributed by atoms with van der Waals surface area (Å²) in [6.07, 6.45) is 0. The Morgan fingerprint density at radius 3 is 2.42 bits per heavy atom. The number of hydrogen-bond acceptors (Lipinski definition) is 3. The maximum absolute atomic E-state index is 11.8. The Kier molecular flexibility index (Phi) is 3.85. The van der Waals surface area contributed by atoms with Gasteiger partial charge in [0.25, 0.3) is 0 Å². The van der Waals surface area contributed by atoms with Crippen molar-refractivity contribution in [2.45, 2.75) is 20.5 Å². The van der Waals surface area contributed by atoms with Crippen LogP contribution in [0, 0.1) is 13.8 Å². The van der Waals surface area contributed by atoms with Crippen molar-refractivity contribution in [3.05, 3.63) is 64.7 Å². The molecule has 3 heteroatoms. The lowest BCUT2D eigenvalue weighted by molar-refractivity contribution is 0.0472. The number of nitrogen functional groups attached to an aromatic ring is 1. The van der Waals surface area contributed by atoms with E-state index < -0.39 is 0 Å². The van der Waals surface area contributed by atoms with Crippen molar-refractivity contribution < 1.29 is 9.53 Å². The molecule has 0 aliphatic carbocycles. The lowest BCUT2D eigenvalue weighted by Crippen LogP contribution is -2.06. The largest absolute Gasteiger partial charge is 0.457 e. The Balaban J connectivity index is 2.02. The number of rotatable bonds is 3. The summed E-state index contributed by atoms with van der Waals surface area (Å²) in [4.78, 5) is 11.8. The predicted molar refractivity (Wildman–Crippen MR) is 75.9 cm³/mol. The number of hydrogen-bond donors (Lipinski definition) is 1. The highest BCUT2D eigenvalue weighted by atomic mass is 16.5. The number of nitrogens with two attached hydrogens (primary N) is 1. The quantitative estimate of drug-likeness (QED) is 0.676. The summed E-state index contributed by atoms with van der Waals surface area (Å²) in [5.41, 5.74) is 10.1. The molecule has 0 saturated carbocycles. The molecule has 3 nitrogen and oxygen atoms in total. The molecule has 2 aromatic rings. The molecular formula is C16H17NO2. The summed E-state index contributed by atoms with van der Waals surface area (Å²) in [7, 11) is 0. The Bertz CT molecular complexity index is 588. The van der Waals surface area contributed by atoms with Crippen LogP contribution in [0.2, 0.25) is 0 Å². The number of benzene rings is 2. The van der Waals surface area contributed by atoms with Crippen LogP contribution in [-0.2, 0) is 11.3 Å². The van der Waals surface area contributed by atoms with Gasteiger partial charge in [-0.2, -0.15) is 0 Å². The monoisotopic (exact) mass is 255 g/mol. The molecule has 0 fully saturated rings. The number of esters is 1. The molecule has 0 saturated heterocycles. The molecule has 0 bridgehead atoms. The van der Waals surface area contributed by atoms with Crippen LogP contribution in [0.5, 0.6) is 0 Å². The van der Waals surface area contributed by atoms with Crippen molar-refractivity contribution >= 4 is 11.7 Å². The minimum absolute atomic E-state index is 0.287. The summed E-state index contributed by atoms with van der Waals surface area (Å²) in [6.45, 7) is 4.34. The minimum atomic E-state index is -0.333. The molecule has 2 aromatic carbocycles. The van der Waals surface area contributed by atoms with Gasteiger partial charge in [-0.15, -0.1) is 0 Å². The smallest absolute Gasteiger partial charge is 0.338 e. The Labute approximate surface area is 113 Å². The third kappa shape index (κ3) is 3.35. The first-order valence-electron chi connectivity index (χ1n) is 6.15. The third-order valence-corrected chi connectivity index (χ3v) is 3.00. The van der Waals surface area contributed by atoms with E-state index in [1.54, 1.807) is 24.3 Å². The lowest BCUT2D eigenvalue weighted by Gasteiger charge is -2.08. The fourth-order valence-electron chi connectivity index (χ4n) is 1.85. The molecule has 2 rings (SSSR count). The molecule has 0 aliphatic heterocycles. The summed E-state index contributed by atoms with van der Waals surface area (Å²) >= 11 is 0. The van der Waals surface area contributed by atoms with Gasteiger partial charge < -0.3 is 10.5 Å². The molecule has 0 unspecified atom stereocenters. The standard InChI is InChI=1S/C16H17NO2/c1-11-3-4-14(12(2)9-11)10-19-16(18)13-5-7-15(17)8-6-13/h3-9H,10,17H2,1-2H3. The lowest BCUT2D eigenvalue weighted by atomic mass is 10.1. The first-order chi connectivity index (χ1) is 9.06. The molecule has 0 amide bonds. The molecule has 19 heavy (non-hydrogen) atoms. The van der Waals surface area contributed by atoms with E-state index in [1.807, 2.05) is 26.0 Å². The highest BCUT2D eigenvalue weighted by molar-refractivity contribution is 5.89. The molecule has 2 N–H and O–H groups in total. The average molecular weight is 255 g/mol. The van der Waals surface area contributed by atoms with Crippen molar-refractivity contribution in [2.75, 3.05) is 5.73 Å². The van der Waals surface area contributed by atoms with Gasteiger partial charge in [-0.05, 0) is 49.2 Å². The first kappa shape index (κ1) is 13.1. The highest BCUT2D eigenvalue weighted by Gasteiger charge is 2.08. The number of ether oxygens (including phenoxy) is 1. The van der Waals surface area contributed by atoms with Gasteiger partial charge in [0.05, 0.1) is 5.56 Å². The van der Waals surface area contributed by atoms with E-state index >= 15 is 0 Å². The second kappa shape index (κ2) is 5.57. The van der Waals surface area contributed by atoms with Crippen LogP contribution < -0.4 is 5.73 Å². The first-order valence-corrected chi connectivity index (χ1v) is 6.15. The summed E-state index contributed by atoms with van der Waals surface area (Å²) in [5, 5.41) is 0. The molecule has 0 spiro atoms. The van der Waals surface area contributed by atoms with Crippen molar-refractivity contribution in [3.8, 4) is 0 Å². The summed E-state index contributed by atoms with van der Waals surface area (Å²) in [6, 6.07) is 12.8. The second-order valence-electron chi connectivity index (χ2n) is 4.63. The number of aryl methyl sites for hydroxylation is 2. The summed E-state index contributed by atoms with van der Waals surface area (Å²) in [5.74, 6) is -0.333. The van der Waals surface area contributed by atoms with Crippen molar-refractivity contribution in [1.29, 1.82) is 0 Å². The second-order valence-corrected chi connectivity index (χ2v) is 4.63. The van der Waals surface area contributed by atoms with E-state index in [0.717, 1.165) is 11.1 Å². The van der Waals surface area contributed by atoms with Gasteiger partial charge in [-0.1, -0.05) is 23.8 Å². The fourth-order valence-corrected chi connectivity index (χ4v) is 1.85. The molecule has 0 aliphatic rings. The van der Waals surface area contributed by atoms with Gasteiger partial charge in [0.15, 0.2) is 0 Å². The van der Waals surface area contributed by atoms with Gasteiger partial charge in [0.2, 0.25) is 0 Å². The SMILES string of the molecule is Cc1ccc(COC(=O)c2ccc(N)cc2)c(C)c1. The Morgan fingerprint density at radius 1 is 1.11 bits per heavy atom. The number of anilines is 1. The molecule has 0 radical (unpaired) electrons. The Hall–Kier alpha value is -2.29. The highest BCUT2D eigenvalue weighted by Crippen LogP contribution is 2.13. The van der Waals surface area contributed by atoms with Crippen LogP contribution in [0.4, 0.5) is 5.69 Å². The minimum Gasteiger partial charge on any atom is -0.457 e. The van der Waals surface area contributed by atoms with E-state index in [1.165, 1.54) is 5.56 Å². The van der Waals surface area contributed by atoms with Crippen LogP contribution in [0.3, 0.4) is 0 Å². The van der Waals surface area contributed by atoms with E-state index in [-0.39, 0.29) is 12.6 Å². The van der Waals surface area contributed by atoms with Crippen LogP contribution in [0.1, 0.15) is 27.0 Å². The van der Waals surface area contributed by atoms with Gasteiger partial charge in [0, 0.05) is 5.69 Å². The maximum Gasteiger partial charge on any atom is 0.338 e. The molecule has 0 atom stereocenters. The fraction of sp³-hybridized carbons (Fsp3) is 0.188. The zero-order valence-electron chi connectivity index (χ0n) is 11.1. The van der Waals surface area contributed by atoms with E-state index in [2.05, 4.69) is 6.07 Å². The van der Waals surface area contributed by atoms with Gasteiger partial charge in [0.1, 0.15) is 6.61 Å². The Morgan fingerprint density at radius 2 is 1.79 bits per heavy atom.